The summed E-state index contributed by atoms with van der Waals surface area (Å²) in [5, 5.41) is 0. The Morgan fingerprint density at radius 2 is 1.95 bits per heavy atom. The molecule has 3 aromatic rings. The molecule has 0 atom stereocenters. The smallest absolute Gasteiger partial charge is 0.205 e. The Balaban J connectivity index is 2.34. The molecule has 0 bridgehead atoms. The topological polar surface area (TPSA) is 43.8 Å². The van der Waals surface area contributed by atoms with Crippen LogP contribution in [0.4, 0.5) is 10.3 Å². The number of rotatable bonds is 1. The van der Waals surface area contributed by atoms with Crippen LogP contribution in [0.25, 0.3) is 16.7 Å². The molecule has 0 spiro atoms. The average molecular weight is 479 g/mol. The fourth-order valence-corrected chi connectivity index (χ4v) is 2.96. The minimum Gasteiger partial charge on any atom is -0.369 e. The van der Waals surface area contributed by atoms with Crippen molar-refractivity contribution in [3.63, 3.8) is 0 Å². The number of imidazole rings is 1. The molecule has 0 fully saturated rings. The van der Waals surface area contributed by atoms with Gasteiger partial charge < -0.3 is 5.73 Å². The summed E-state index contributed by atoms with van der Waals surface area (Å²) in [6, 6.07) is 11.0. The second-order valence-electron chi connectivity index (χ2n) is 4.04. The lowest BCUT2D eigenvalue weighted by molar-refractivity contribution is 0.622. The van der Waals surface area contributed by atoms with E-state index in [1.54, 1.807) is 10.6 Å². The van der Waals surface area contributed by atoms with Crippen LogP contribution >= 0.6 is 45.2 Å². The van der Waals surface area contributed by atoms with Crippen LogP contribution in [0.1, 0.15) is 0 Å². The molecule has 6 heteroatoms. The SMILES string of the molecule is Nc1nc2cc(I)c(F)cc2n1-c1cccc(I)c1. The highest BCUT2D eigenvalue weighted by atomic mass is 127. The third kappa shape index (κ3) is 2.31. The van der Waals surface area contributed by atoms with Crippen molar-refractivity contribution in [1.82, 2.24) is 9.55 Å². The van der Waals surface area contributed by atoms with Crippen LogP contribution in [0.15, 0.2) is 36.4 Å². The molecular weight excluding hydrogens is 471 g/mol. The largest absolute Gasteiger partial charge is 0.369 e. The van der Waals surface area contributed by atoms with E-state index in [4.69, 9.17) is 5.73 Å². The first-order chi connectivity index (χ1) is 9.06. The van der Waals surface area contributed by atoms with Gasteiger partial charge in [0.25, 0.3) is 0 Å². The minimum absolute atomic E-state index is 0.264. The highest BCUT2D eigenvalue weighted by molar-refractivity contribution is 14.1. The summed E-state index contributed by atoms with van der Waals surface area (Å²) in [4.78, 5) is 4.29. The zero-order valence-corrected chi connectivity index (χ0v) is 13.9. The van der Waals surface area contributed by atoms with E-state index in [0.29, 0.717) is 20.6 Å². The summed E-state index contributed by atoms with van der Waals surface area (Å²) < 4.78 is 17.1. The van der Waals surface area contributed by atoms with Crippen LogP contribution in [0, 0.1) is 13.0 Å². The maximum atomic E-state index is 13.7. The Labute approximate surface area is 136 Å². The van der Waals surface area contributed by atoms with Crippen LogP contribution in [0.5, 0.6) is 0 Å². The Hall–Kier alpha value is -0.900. The van der Waals surface area contributed by atoms with E-state index in [9.17, 15) is 4.39 Å². The van der Waals surface area contributed by atoms with Crippen LogP contribution < -0.4 is 5.73 Å². The van der Waals surface area contributed by atoms with Gasteiger partial charge in [-0.3, -0.25) is 4.57 Å². The van der Waals surface area contributed by atoms with Gasteiger partial charge in [0, 0.05) is 9.64 Å². The van der Waals surface area contributed by atoms with Crippen LogP contribution in [-0.4, -0.2) is 9.55 Å². The number of hydrogen-bond acceptors (Lipinski definition) is 2. The van der Waals surface area contributed by atoms with Crippen LogP contribution in [0.2, 0.25) is 0 Å². The second-order valence-corrected chi connectivity index (χ2v) is 6.45. The van der Waals surface area contributed by atoms with Gasteiger partial charge in [-0.1, -0.05) is 6.07 Å². The molecule has 0 saturated carbocycles. The van der Waals surface area contributed by atoms with Crippen molar-refractivity contribution in [1.29, 1.82) is 0 Å². The highest BCUT2D eigenvalue weighted by Gasteiger charge is 2.13. The number of nitrogens with two attached hydrogens (primary N) is 1. The predicted molar refractivity (Wildman–Crippen MR) is 90.9 cm³/mol. The van der Waals surface area contributed by atoms with E-state index in [2.05, 4.69) is 27.6 Å². The monoisotopic (exact) mass is 479 g/mol. The fraction of sp³-hybridized carbons (Fsp3) is 0. The van der Waals surface area contributed by atoms with Crippen molar-refractivity contribution in [2.75, 3.05) is 5.73 Å². The zero-order valence-electron chi connectivity index (χ0n) is 9.57. The Bertz CT molecular complexity index is 783. The van der Waals surface area contributed by atoms with E-state index in [1.165, 1.54) is 6.07 Å². The van der Waals surface area contributed by atoms with Gasteiger partial charge in [0.15, 0.2) is 0 Å². The molecule has 0 unspecified atom stereocenters. The standard InChI is InChI=1S/C13H8FI2N3/c14-9-5-12-11(6-10(9)16)18-13(17)19(12)8-3-1-2-7(15)4-8/h1-6H,(H2,17,18). The number of aromatic nitrogens is 2. The van der Waals surface area contributed by atoms with E-state index in [1.807, 2.05) is 46.9 Å². The lowest BCUT2D eigenvalue weighted by Gasteiger charge is -2.07. The van der Waals surface area contributed by atoms with Crippen molar-refractivity contribution in [3.8, 4) is 5.69 Å². The van der Waals surface area contributed by atoms with Crippen molar-refractivity contribution >= 4 is 62.2 Å². The molecule has 0 amide bonds. The van der Waals surface area contributed by atoms with Crippen LogP contribution in [0.3, 0.4) is 0 Å². The molecule has 2 aromatic carbocycles. The molecule has 19 heavy (non-hydrogen) atoms. The third-order valence-corrected chi connectivity index (χ3v) is 4.29. The molecule has 0 aliphatic carbocycles. The number of nitrogens with zero attached hydrogens (tertiary/aromatic N) is 2. The summed E-state index contributed by atoms with van der Waals surface area (Å²) in [7, 11) is 0. The number of hydrogen-bond donors (Lipinski definition) is 1. The first-order valence-electron chi connectivity index (χ1n) is 5.45. The first-order valence-corrected chi connectivity index (χ1v) is 7.61. The van der Waals surface area contributed by atoms with E-state index < -0.39 is 0 Å². The van der Waals surface area contributed by atoms with Crippen molar-refractivity contribution in [2.45, 2.75) is 0 Å². The molecule has 1 heterocycles. The van der Waals surface area contributed by atoms with Crippen molar-refractivity contribution in [3.05, 3.63) is 49.4 Å². The van der Waals surface area contributed by atoms with Gasteiger partial charge in [-0.05, 0) is 69.4 Å². The van der Waals surface area contributed by atoms with Gasteiger partial charge in [0.05, 0.1) is 20.3 Å². The van der Waals surface area contributed by atoms with E-state index in [0.717, 1.165) is 9.26 Å². The molecule has 3 rings (SSSR count). The molecule has 0 saturated heterocycles. The first kappa shape index (κ1) is 13.1. The summed E-state index contributed by atoms with van der Waals surface area (Å²) in [5.41, 5.74) is 8.22. The molecule has 0 aliphatic heterocycles. The van der Waals surface area contributed by atoms with Gasteiger partial charge in [-0.25, -0.2) is 9.37 Å². The molecule has 2 N–H and O–H groups in total. The van der Waals surface area contributed by atoms with Gasteiger partial charge >= 0.3 is 0 Å². The predicted octanol–water partition coefficient (Wildman–Crippen LogP) is 3.96. The number of anilines is 1. The second kappa shape index (κ2) is 4.89. The van der Waals surface area contributed by atoms with Gasteiger partial charge in [0.1, 0.15) is 5.82 Å². The van der Waals surface area contributed by atoms with Gasteiger partial charge in [0.2, 0.25) is 5.95 Å². The number of nitrogen functional groups attached to an aromatic ring is 1. The Kier molecular flexibility index (Phi) is 3.37. The Morgan fingerprint density at radius 3 is 2.68 bits per heavy atom. The lowest BCUT2D eigenvalue weighted by atomic mass is 10.2. The molecular formula is C13H8FI2N3. The number of benzene rings is 2. The normalized spacial score (nSPS) is 11.1. The average Bonchev–Trinajstić information content (AvgIpc) is 2.65. The summed E-state index contributed by atoms with van der Waals surface area (Å²) >= 11 is 4.18. The maximum Gasteiger partial charge on any atom is 0.205 e. The van der Waals surface area contributed by atoms with Crippen LogP contribution in [-0.2, 0) is 0 Å². The minimum atomic E-state index is -0.264. The number of fused-ring (bicyclic) bond motifs is 1. The summed E-state index contributed by atoms with van der Waals surface area (Å²) in [5.74, 6) is 0.0956. The van der Waals surface area contributed by atoms with Gasteiger partial charge in [-0.2, -0.15) is 0 Å². The molecule has 1 aromatic heterocycles. The quantitative estimate of drug-likeness (QED) is 0.538. The van der Waals surface area contributed by atoms with Crippen molar-refractivity contribution < 1.29 is 4.39 Å². The summed E-state index contributed by atoms with van der Waals surface area (Å²) in [6.07, 6.45) is 0. The van der Waals surface area contributed by atoms with Gasteiger partial charge in [-0.15, -0.1) is 0 Å². The zero-order chi connectivity index (χ0) is 13.6. The summed E-state index contributed by atoms with van der Waals surface area (Å²) in [6.45, 7) is 0. The van der Waals surface area contributed by atoms with E-state index >= 15 is 0 Å². The Morgan fingerprint density at radius 1 is 1.16 bits per heavy atom. The lowest BCUT2D eigenvalue weighted by Crippen LogP contribution is -2.00. The van der Waals surface area contributed by atoms with Crippen molar-refractivity contribution in [2.24, 2.45) is 0 Å². The highest BCUT2D eigenvalue weighted by Crippen LogP contribution is 2.26. The fourth-order valence-electron chi connectivity index (χ4n) is 1.98. The number of halogens is 3. The van der Waals surface area contributed by atoms with E-state index in [-0.39, 0.29) is 5.82 Å². The molecule has 96 valence electrons. The maximum absolute atomic E-state index is 13.7. The molecule has 0 aliphatic rings. The molecule has 3 nitrogen and oxygen atoms in total. The third-order valence-electron chi connectivity index (χ3n) is 2.79. The molecule has 0 radical (unpaired) electrons.